The molecule has 1 saturated heterocycles. The molecule has 0 aromatic heterocycles. The maximum Gasteiger partial charge on any atom is 0.119 e. The van der Waals surface area contributed by atoms with Gasteiger partial charge < -0.3 is 15.4 Å². The van der Waals surface area contributed by atoms with Gasteiger partial charge in [0, 0.05) is 42.7 Å². The maximum absolute atomic E-state index is 6.10. The van der Waals surface area contributed by atoms with Crippen molar-refractivity contribution in [3.05, 3.63) is 28.2 Å². The van der Waals surface area contributed by atoms with Crippen LogP contribution >= 0.6 is 15.9 Å². The molecule has 2 atom stereocenters. The van der Waals surface area contributed by atoms with Crippen LogP contribution in [0, 0.1) is 0 Å². The van der Waals surface area contributed by atoms with Crippen LogP contribution in [0.1, 0.15) is 24.9 Å². The van der Waals surface area contributed by atoms with Gasteiger partial charge in [-0.1, -0.05) is 22.9 Å². The van der Waals surface area contributed by atoms with Gasteiger partial charge in [0.25, 0.3) is 0 Å². The minimum absolute atomic E-state index is 0.234. The fraction of sp³-hybridized carbons (Fsp3) is 0.625. The summed E-state index contributed by atoms with van der Waals surface area (Å²) in [7, 11) is 3.91. The molecule has 0 bridgehead atoms. The molecule has 0 spiro atoms. The fourth-order valence-electron chi connectivity index (χ4n) is 3.07. The van der Waals surface area contributed by atoms with E-state index in [2.05, 4.69) is 45.8 Å². The number of rotatable bonds is 5. The Kier molecular flexibility index (Phi) is 6.05. The minimum Gasteiger partial charge on any atom is -0.497 e. The summed E-state index contributed by atoms with van der Waals surface area (Å²) in [6.45, 7) is 6.09. The first-order chi connectivity index (χ1) is 10.1. The van der Waals surface area contributed by atoms with Crippen LogP contribution in [0.15, 0.2) is 22.7 Å². The van der Waals surface area contributed by atoms with Crippen LogP contribution in [0.4, 0.5) is 0 Å². The summed E-state index contributed by atoms with van der Waals surface area (Å²) in [4.78, 5) is 4.96. The highest BCUT2D eigenvalue weighted by Gasteiger charge is 2.29. The topological polar surface area (TPSA) is 41.7 Å². The van der Waals surface area contributed by atoms with Crippen LogP contribution in [0.3, 0.4) is 0 Å². The molecule has 4 nitrogen and oxygen atoms in total. The van der Waals surface area contributed by atoms with E-state index in [1.807, 2.05) is 12.1 Å². The quantitative estimate of drug-likeness (QED) is 0.880. The van der Waals surface area contributed by atoms with Crippen molar-refractivity contribution in [2.45, 2.75) is 25.4 Å². The summed E-state index contributed by atoms with van der Waals surface area (Å²) < 4.78 is 6.47. The molecule has 1 aromatic rings. The number of methoxy groups -OCH3 is 1. The van der Waals surface area contributed by atoms with Crippen molar-refractivity contribution in [2.75, 3.05) is 40.3 Å². The number of likely N-dealkylation sites (N-methyl/N-ethyl adjacent to an activating group) is 1. The lowest BCUT2D eigenvalue weighted by atomic mass is 10.0. The van der Waals surface area contributed by atoms with Crippen LogP contribution < -0.4 is 10.5 Å². The van der Waals surface area contributed by atoms with Crippen molar-refractivity contribution in [3.63, 3.8) is 0 Å². The average molecular weight is 356 g/mol. The summed E-state index contributed by atoms with van der Waals surface area (Å²) in [6, 6.07) is 6.96. The molecule has 2 unspecified atom stereocenters. The molecule has 1 aliphatic rings. The van der Waals surface area contributed by atoms with Crippen molar-refractivity contribution in [1.29, 1.82) is 0 Å². The first kappa shape index (κ1) is 16.7. The molecule has 5 heteroatoms. The number of hydrogen-bond acceptors (Lipinski definition) is 4. The van der Waals surface area contributed by atoms with Crippen molar-refractivity contribution < 1.29 is 4.74 Å². The third-order valence-corrected chi connectivity index (χ3v) is 5.23. The zero-order valence-electron chi connectivity index (χ0n) is 13.2. The smallest absolute Gasteiger partial charge is 0.119 e. The third-order valence-electron chi connectivity index (χ3n) is 4.51. The predicted octanol–water partition coefficient (Wildman–Crippen LogP) is 2.48. The summed E-state index contributed by atoms with van der Waals surface area (Å²) in [6.07, 6.45) is 1.17. The first-order valence-electron chi connectivity index (χ1n) is 7.58. The van der Waals surface area contributed by atoms with Gasteiger partial charge in [0.1, 0.15) is 5.75 Å². The summed E-state index contributed by atoms with van der Waals surface area (Å²) >= 11 is 3.66. The Hall–Kier alpha value is -0.620. The van der Waals surface area contributed by atoms with E-state index in [-0.39, 0.29) is 6.04 Å². The second kappa shape index (κ2) is 7.58. The molecule has 0 aliphatic carbocycles. The van der Waals surface area contributed by atoms with Crippen molar-refractivity contribution in [3.8, 4) is 5.75 Å². The van der Waals surface area contributed by atoms with E-state index in [0.29, 0.717) is 12.6 Å². The number of nitrogens with zero attached hydrogens (tertiary/aromatic N) is 2. The Bertz CT molecular complexity index is 469. The van der Waals surface area contributed by atoms with Crippen LogP contribution in [0.25, 0.3) is 0 Å². The van der Waals surface area contributed by atoms with E-state index in [4.69, 9.17) is 10.5 Å². The van der Waals surface area contributed by atoms with Gasteiger partial charge in [-0.3, -0.25) is 4.90 Å². The normalized spacial score (nSPS) is 22.2. The van der Waals surface area contributed by atoms with Gasteiger partial charge in [-0.2, -0.15) is 0 Å². The molecule has 0 radical (unpaired) electrons. The summed E-state index contributed by atoms with van der Waals surface area (Å²) in [5.41, 5.74) is 7.32. The Morgan fingerprint density at radius 1 is 1.43 bits per heavy atom. The van der Waals surface area contributed by atoms with Crippen LogP contribution in [0.2, 0.25) is 0 Å². The summed E-state index contributed by atoms with van der Waals surface area (Å²) in [5, 5.41) is 0. The number of benzene rings is 1. The molecule has 0 saturated carbocycles. The number of piperazine rings is 1. The Labute approximate surface area is 136 Å². The molecular formula is C16H26BrN3O. The second-order valence-electron chi connectivity index (χ2n) is 5.68. The largest absolute Gasteiger partial charge is 0.497 e. The van der Waals surface area contributed by atoms with Gasteiger partial charge in [0.2, 0.25) is 0 Å². The van der Waals surface area contributed by atoms with E-state index in [0.717, 1.165) is 29.9 Å². The number of halogens is 1. The Morgan fingerprint density at radius 3 is 2.81 bits per heavy atom. The number of ether oxygens (including phenoxy) is 1. The molecule has 0 amide bonds. The second-order valence-corrected chi connectivity index (χ2v) is 6.53. The molecular weight excluding hydrogens is 330 g/mol. The fourth-order valence-corrected chi connectivity index (χ4v) is 3.58. The van der Waals surface area contributed by atoms with Crippen molar-refractivity contribution in [1.82, 2.24) is 9.80 Å². The van der Waals surface area contributed by atoms with E-state index in [9.17, 15) is 0 Å². The van der Waals surface area contributed by atoms with E-state index < -0.39 is 0 Å². The highest BCUT2D eigenvalue weighted by atomic mass is 79.9. The van der Waals surface area contributed by atoms with Crippen molar-refractivity contribution >= 4 is 15.9 Å². The number of nitrogens with two attached hydrogens (primary N) is 1. The van der Waals surface area contributed by atoms with E-state index in [1.165, 1.54) is 12.0 Å². The van der Waals surface area contributed by atoms with Gasteiger partial charge in [0.15, 0.2) is 0 Å². The molecule has 2 rings (SSSR count). The SMILES string of the molecule is CCC1CN(C(CN)c2cc(OC)ccc2Br)CCN1C. The molecule has 21 heavy (non-hydrogen) atoms. The zero-order valence-corrected chi connectivity index (χ0v) is 14.8. The van der Waals surface area contributed by atoms with Gasteiger partial charge in [0.05, 0.1) is 7.11 Å². The van der Waals surface area contributed by atoms with Gasteiger partial charge in [-0.15, -0.1) is 0 Å². The van der Waals surface area contributed by atoms with Gasteiger partial charge >= 0.3 is 0 Å². The first-order valence-corrected chi connectivity index (χ1v) is 8.37. The average Bonchev–Trinajstić information content (AvgIpc) is 2.51. The van der Waals surface area contributed by atoms with Crippen LogP contribution in [-0.4, -0.2) is 56.2 Å². The van der Waals surface area contributed by atoms with E-state index in [1.54, 1.807) is 7.11 Å². The molecule has 1 heterocycles. The van der Waals surface area contributed by atoms with Gasteiger partial charge in [-0.25, -0.2) is 0 Å². The lowest BCUT2D eigenvalue weighted by Crippen LogP contribution is -2.53. The minimum atomic E-state index is 0.234. The summed E-state index contributed by atoms with van der Waals surface area (Å²) in [5.74, 6) is 0.882. The standard InChI is InChI=1S/C16H26BrN3O/c1-4-12-11-20(8-7-19(12)2)16(10-18)14-9-13(21-3)5-6-15(14)17/h5-6,9,12,16H,4,7-8,10-11,18H2,1-3H3. The Morgan fingerprint density at radius 2 is 2.19 bits per heavy atom. The monoisotopic (exact) mass is 355 g/mol. The highest BCUT2D eigenvalue weighted by molar-refractivity contribution is 9.10. The maximum atomic E-state index is 6.10. The van der Waals surface area contributed by atoms with Crippen LogP contribution in [-0.2, 0) is 0 Å². The molecule has 2 N–H and O–H groups in total. The molecule has 1 aliphatic heterocycles. The lowest BCUT2D eigenvalue weighted by Gasteiger charge is -2.43. The van der Waals surface area contributed by atoms with Crippen LogP contribution in [0.5, 0.6) is 5.75 Å². The van der Waals surface area contributed by atoms with Gasteiger partial charge in [-0.05, 0) is 37.2 Å². The third kappa shape index (κ3) is 3.77. The molecule has 1 fully saturated rings. The Balaban J connectivity index is 2.23. The molecule has 118 valence electrons. The predicted molar refractivity (Wildman–Crippen MR) is 90.8 cm³/mol. The van der Waals surface area contributed by atoms with E-state index >= 15 is 0 Å². The van der Waals surface area contributed by atoms with Crippen molar-refractivity contribution in [2.24, 2.45) is 5.73 Å². The number of hydrogen-bond donors (Lipinski definition) is 1. The lowest BCUT2D eigenvalue weighted by molar-refractivity contribution is 0.0641. The zero-order chi connectivity index (χ0) is 15.4. The highest BCUT2D eigenvalue weighted by Crippen LogP contribution is 2.32. The molecule has 1 aromatic carbocycles.